The molecule has 1 rings (SSSR count). The van der Waals surface area contributed by atoms with E-state index in [1.165, 1.54) is 4.90 Å². The Morgan fingerprint density at radius 2 is 1.13 bits per heavy atom. The van der Waals surface area contributed by atoms with Crippen LogP contribution in [0.1, 0.15) is 123 Å². The first kappa shape index (κ1) is 41.9. The van der Waals surface area contributed by atoms with Gasteiger partial charge in [-0.3, -0.25) is 14.6 Å². The van der Waals surface area contributed by atoms with Crippen molar-refractivity contribution < 1.29 is 47.7 Å². The number of hydrogen-bond donors (Lipinski definition) is 1. The highest BCUT2D eigenvalue weighted by Crippen LogP contribution is 2.25. The van der Waals surface area contributed by atoms with Crippen molar-refractivity contribution in [2.75, 3.05) is 19.6 Å². The van der Waals surface area contributed by atoms with Gasteiger partial charge in [0.1, 0.15) is 46.1 Å². The number of likely N-dealkylation sites (tertiary alicyclic amines) is 1. The Bertz CT molecular complexity index is 1100. The fraction of sp³-hybridized carbons (Fsp3) is 0.853. The SMILES string of the molecule is CC(C)(C)OC(=O)N[C@@H](CCN(C(=O)OC(C)(C)C)[C@@H](CCN1CC[C@H]1C(=O)OC(C)(C)C)C(=O)OC(C)(C)C)C(=O)OC(C)(C)C. The zero-order valence-electron chi connectivity index (χ0n) is 31.5. The number of esters is 3. The number of carbonyl (C=O) groups is 5. The molecule has 0 aliphatic carbocycles. The van der Waals surface area contributed by atoms with E-state index in [4.69, 9.17) is 23.7 Å². The third-order valence-corrected chi connectivity index (χ3v) is 6.22. The standard InChI is InChI=1S/C34H61N3O10/c1-30(2,3)43-25(38)22(35-28(41)46-33(10,11)12)16-21-37(29(42)47-34(13,14)15)24(27(40)45-32(7,8)9)18-20-36-19-17-23(36)26(39)44-31(4,5)6/h22-24H,16-21H2,1-15H3,(H,35,41)/t22-,23-,24-/m0/s1. The minimum atomic E-state index is -1.22. The van der Waals surface area contributed by atoms with Crippen LogP contribution in [-0.4, -0.2) is 106 Å². The number of rotatable bonds is 11. The Balaban J connectivity index is 3.44. The van der Waals surface area contributed by atoms with Gasteiger partial charge in [0.25, 0.3) is 0 Å². The molecule has 1 aliphatic rings. The van der Waals surface area contributed by atoms with E-state index in [0.717, 1.165) is 0 Å². The van der Waals surface area contributed by atoms with Gasteiger partial charge in [0, 0.05) is 19.6 Å². The Morgan fingerprint density at radius 3 is 1.55 bits per heavy atom. The zero-order chi connectivity index (χ0) is 36.8. The van der Waals surface area contributed by atoms with Crippen molar-refractivity contribution in [3.63, 3.8) is 0 Å². The second kappa shape index (κ2) is 15.9. The van der Waals surface area contributed by atoms with Crippen LogP contribution in [0.5, 0.6) is 0 Å². The van der Waals surface area contributed by atoms with E-state index < -0.39 is 70.3 Å². The van der Waals surface area contributed by atoms with E-state index in [1.54, 1.807) is 104 Å². The van der Waals surface area contributed by atoms with Gasteiger partial charge >= 0.3 is 30.1 Å². The monoisotopic (exact) mass is 671 g/mol. The lowest BCUT2D eigenvalue weighted by molar-refractivity contribution is -0.167. The molecule has 2 amide bonds. The highest BCUT2D eigenvalue weighted by atomic mass is 16.6. The largest absolute Gasteiger partial charge is 0.459 e. The maximum atomic E-state index is 13.7. The van der Waals surface area contributed by atoms with Gasteiger partial charge in [0.05, 0.1) is 0 Å². The van der Waals surface area contributed by atoms with Gasteiger partial charge in [-0.1, -0.05) is 0 Å². The van der Waals surface area contributed by atoms with Crippen molar-refractivity contribution in [1.82, 2.24) is 15.1 Å². The highest BCUT2D eigenvalue weighted by Gasteiger charge is 2.41. The summed E-state index contributed by atoms with van der Waals surface area (Å²) in [5.74, 6) is -1.76. The Hall–Kier alpha value is -3.09. The van der Waals surface area contributed by atoms with Crippen LogP contribution in [0.25, 0.3) is 0 Å². The van der Waals surface area contributed by atoms with Crippen molar-refractivity contribution >= 4 is 30.1 Å². The van der Waals surface area contributed by atoms with Crippen LogP contribution < -0.4 is 5.32 Å². The van der Waals surface area contributed by atoms with Crippen LogP contribution in [-0.2, 0) is 38.1 Å². The van der Waals surface area contributed by atoms with Crippen LogP contribution >= 0.6 is 0 Å². The summed E-state index contributed by atoms with van der Waals surface area (Å²) in [4.78, 5) is 69.4. The normalized spacial score (nSPS) is 17.4. The number of alkyl carbamates (subject to hydrolysis) is 1. The minimum absolute atomic E-state index is 0.101. The molecule has 1 N–H and O–H groups in total. The van der Waals surface area contributed by atoms with Crippen LogP contribution in [0.2, 0.25) is 0 Å². The van der Waals surface area contributed by atoms with E-state index in [9.17, 15) is 24.0 Å². The third kappa shape index (κ3) is 17.0. The van der Waals surface area contributed by atoms with Gasteiger partial charge in [-0.25, -0.2) is 19.2 Å². The third-order valence-electron chi connectivity index (χ3n) is 6.22. The summed E-state index contributed by atoms with van der Waals surface area (Å²) in [6.45, 7) is 26.5. The second-order valence-corrected chi connectivity index (χ2v) is 16.9. The molecule has 1 saturated heterocycles. The molecule has 47 heavy (non-hydrogen) atoms. The maximum absolute atomic E-state index is 13.7. The molecule has 13 heteroatoms. The predicted molar refractivity (Wildman–Crippen MR) is 177 cm³/mol. The van der Waals surface area contributed by atoms with Gasteiger partial charge in [-0.15, -0.1) is 0 Å². The number of ether oxygens (including phenoxy) is 5. The Labute approximate surface area is 281 Å². The Kier molecular flexibility index (Phi) is 14.2. The first-order valence-corrected chi connectivity index (χ1v) is 16.4. The Morgan fingerprint density at radius 1 is 0.660 bits per heavy atom. The molecule has 0 unspecified atom stereocenters. The highest BCUT2D eigenvalue weighted by molar-refractivity contribution is 5.83. The van der Waals surface area contributed by atoms with E-state index in [1.807, 2.05) is 4.90 Å². The molecule has 0 radical (unpaired) electrons. The predicted octanol–water partition coefficient (Wildman–Crippen LogP) is 5.37. The van der Waals surface area contributed by atoms with Crippen LogP contribution in [0.15, 0.2) is 0 Å². The molecular weight excluding hydrogens is 610 g/mol. The van der Waals surface area contributed by atoms with Gasteiger partial charge in [-0.05, 0) is 123 Å². The quantitative estimate of drug-likeness (QED) is 0.223. The van der Waals surface area contributed by atoms with Crippen LogP contribution in [0.4, 0.5) is 9.59 Å². The van der Waals surface area contributed by atoms with Gasteiger partial charge in [0.15, 0.2) is 0 Å². The second-order valence-electron chi connectivity index (χ2n) is 16.9. The summed E-state index contributed by atoms with van der Waals surface area (Å²) in [6.07, 6.45) is -1.07. The lowest BCUT2D eigenvalue weighted by Gasteiger charge is -2.41. The molecule has 0 aromatic rings. The molecule has 1 heterocycles. The van der Waals surface area contributed by atoms with Crippen molar-refractivity contribution in [2.45, 2.75) is 169 Å². The van der Waals surface area contributed by atoms with E-state index in [-0.39, 0.29) is 31.9 Å². The molecule has 0 aromatic carbocycles. The fourth-order valence-electron chi connectivity index (χ4n) is 4.44. The van der Waals surface area contributed by atoms with Crippen molar-refractivity contribution in [1.29, 1.82) is 0 Å². The minimum Gasteiger partial charge on any atom is -0.459 e. The van der Waals surface area contributed by atoms with Crippen molar-refractivity contribution in [3.05, 3.63) is 0 Å². The van der Waals surface area contributed by atoms with Crippen LogP contribution in [0, 0.1) is 0 Å². The fourth-order valence-corrected chi connectivity index (χ4v) is 4.44. The summed E-state index contributed by atoms with van der Waals surface area (Å²) in [5, 5.41) is 2.56. The van der Waals surface area contributed by atoms with Crippen LogP contribution in [0.3, 0.4) is 0 Å². The molecule has 0 aromatic heterocycles. The molecule has 13 nitrogen and oxygen atoms in total. The van der Waals surface area contributed by atoms with E-state index in [0.29, 0.717) is 13.0 Å². The summed E-state index contributed by atoms with van der Waals surface area (Å²) < 4.78 is 28.0. The summed E-state index contributed by atoms with van der Waals surface area (Å²) in [5.41, 5.74) is -4.13. The maximum Gasteiger partial charge on any atom is 0.411 e. The van der Waals surface area contributed by atoms with Crippen molar-refractivity contribution in [3.8, 4) is 0 Å². The summed E-state index contributed by atoms with van der Waals surface area (Å²) in [6, 6.07) is -2.84. The topological polar surface area (TPSA) is 150 Å². The first-order chi connectivity index (χ1) is 21.0. The van der Waals surface area contributed by atoms with E-state index >= 15 is 0 Å². The molecule has 0 bridgehead atoms. The number of nitrogens with zero attached hydrogens (tertiary/aromatic N) is 2. The van der Waals surface area contributed by atoms with Crippen molar-refractivity contribution in [2.24, 2.45) is 0 Å². The lowest BCUT2D eigenvalue weighted by atomic mass is 10.0. The molecule has 1 fully saturated rings. The van der Waals surface area contributed by atoms with Gasteiger partial charge < -0.3 is 29.0 Å². The van der Waals surface area contributed by atoms with Gasteiger partial charge in [-0.2, -0.15) is 0 Å². The summed E-state index contributed by atoms with van der Waals surface area (Å²) >= 11 is 0. The smallest absolute Gasteiger partial charge is 0.411 e. The number of carbonyl (C=O) groups excluding carboxylic acids is 5. The number of nitrogens with one attached hydrogen (secondary N) is 1. The average molecular weight is 672 g/mol. The molecule has 3 atom stereocenters. The zero-order valence-corrected chi connectivity index (χ0v) is 31.5. The van der Waals surface area contributed by atoms with Gasteiger partial charge in [0.2, 0.25) is 0 Å². The molecule has 272 valence electrons. The summed E-state index contributed by atoms with van der Waals surface area (Å²) in [7, 11) is 0. The number of hydrogen-bond acceptors (Lipinski definition) is 11. The molecule has 1 aliphatic heterocycles. The lowest BCUT2D eigenvalue weighted by Crippen LogP contribution is -2.57. The van der Waals surface area contributed by atoms with E-state index in [2.05, 4.69) is 5.32 Å². The first-order valence-electron chi connectivity index (χ1n) is 16.4. The average Bonchev–Trinajstić information content (AvgIpc) is 2.75. The molecule has 0 saturated carbocycles. The molecule has 0 spiro atoms. The molecular formula is C34H61N3O10. The number of amides is 2.